The Morgan fingerprint density at radius 1 is 1.15 bits per heavy atom. The van der Waals surface area contributed by atoms with Gasteiger partial charge < -0.3 is 20.2 Å². The van der Waals surface area contributed by atoms with Gasteiger partial charge in [-0.05, 0) is 43.0 Å². The van der Waals surface area contributed by atoms with Crippen LogP contribution in [0.3, 0.4) is 0 Å². The third kappa shape index (κ3) is 5.38. The van der Waals surface area contributed by atoms with E-state index in [-0.39, 0.29) is 12.2 Å². The van der Waals surface area contributed by atoms with Crippen molar-refractivity contribution in [1.82, 2.24) is 10.6 Å². The van der Waals surface area contributed by atoms with Crippen molar-refractivity contribution in [2.75, 3.05) is 6.26 Å². The number of carbonyl (C=O) groups is 3. The molecule has 7 nitrogen and oxygen atoms in total. The highest BCUT2D eigenvalue weighted by Gasteiger charge is 2.23. The van der Waals surface area contributed by atoms with Crippen LogP contribution in [-0.2, 0) is 9.59 Å². The molecule has 0 bridgehead atoms. The molecule has 0 saturated carbocycles. The van der Waals surface area contributed by atoms with E-state index < -0.39 is 29.9 Å². The molecule has 2 atom stereocenters. The van der Waals surface area contributed by atoms with Crippen LogP contribution in [0.25, 0.3) is 0 Å². The second-order valence-electron chi connectivity index (χ2n) is 5.60. The number of benzene rings is 1. The largest absolute Gasteiger partial charge is 0.481 e. The predicted molar refractivity (Wildman–Crippen MR) is 97.0 cm³/mol. The minimum absolute atomic E-state index is 0.0967. The summed E-state index contributed by atoms with van der Waals surface area (Å²) in [7, 11) is 0. The fourth-order valence-electron chi connectivity index (χ4n) is 2.30. The molecule has 26 heavy (non-hydrogen) atoms. The Labute approximate surface area is 155 Å². The monoisotopic (exact) mass is 376 g/mol. The molecule has 2 aromatic rings. The topological polar surface area (TPSA) is 109 Å². The quantitative estimate of drug-likeness (QED) is 0.611. The fourth-order valence-corrected chi connectivity index (χ4v) is 2.71. The van der Waals surface area contributed by atoms with E-state index in [2.05, 4.69) is 10.6 Å². The van der Waals surface area contributed by atoms with Gasteiger partial charge in [0.15, 0.2) is 5.76 Å². The number of hydrogen-bond acceptors (Lipinski definition) is 5. The maximum atomic E-state index is 12.4. The maximum absolute atomic E-state index is 12.4. The Morgan fingerprint density at radius 2 is 1.85 bits per heavy atom. The third-order valence-electron chi connectivity index (χ3n) is 3.70. The molecule has 0 aliphatic carbocycles. The standard InChI is InChI=1S/C18H20N2O5S/c1-11(19-18(24)15-4-3-9-25-15)17(23)20-14(10-16(21)22)12-5-7-13(26-2)8-6-12/h3-9,11,14H,10H2,1-2H3,(H,19,24)(H,20,23)(H,21,22). The number of thioether (sulfide) groups is 1. The van der Waals surface area contributed by atoms with E-state index in [1.165, 1.54) is 19.3 Å². The highest BCUT2D eigenvalue weighted by atomic mass is 32.2. The second-order valence-corrected chi connectivity index (χ2v) is 6.48. The van der Waals surface area contributed by atoms with Crippen LogP contribution in [0, 0.1) is 0 Å². The lowest BCUT2D eigenvalue weighted by molar-refractivity contribution is -0.137. The van der Waals surface area contributed by atoms with Crippen LogP contribution in [0.15, 0.2) is 52.0 Å². The van der Waals surface area contributed by atoms with Crippen molar-refractivity contribution in [3.05, 3.63) is 54.0 Å². The van der Waals surface area contributed by atoms with Gasteiger partial charge in [0.2, 0.25) is 5.91 Å². The summed E-state index contributed by atoms with van der Waals surface area (Å²) in [6.45, 7) is 1.52. The Bertz CT molecular complexity index is 758. The zero-order valence-corrected chi connectivity index (χ0v) is 15.2. The van der Waals surface area contributed by atoms with E-state index in [1.807, 2.05) is 18.4 Å². The first-order chi connectivity index (χ1) is 12.4. The lowest BCUT2D eigenvalue weighted by Gasteiger charge is -2.21. The number of carbonyl (C=O) groups excluding carboxylic acids is 2. The SMILES string of the molecule is CSc1ccc(C(CC(=O)O)NC(=O)C(C)NC(=O)c2ccco2)cc1. The van der Waals surface area contributed by atoms with E-state index in [0.717, 1.165) is 4.90 Å². The van der Waals surface area contributed by atoms with Crippen molar-refractivity contribution in [3.8, 4) is 0 Å². The second kappa shape index (κ2) is 9.10. The first kappa shape index (κ1) is 19.6. The minimum atomic E-state index is -1.03. The molecule has 2 rings (SSSR count). The highest BCUT2D eigenvalue weighted by molar-refractivity contribution is 7.98. The van der Waals surface area contributed by atoms with Gasteiger partial charge in [0.25, 0.3) is 5.91 Å². The first-order valence-electron chi connectivity index (χ1n) is 7.91. The summed E-state index contributed by atoms with van der Waals surface area (Å²) in [6, 6.07) is 8.80. The number of carboxylic acid groups (broad SMARTS) is 1. The lowest BCUT2D eigenvalue weighted by atomic mass is 10.0. The van der Waals surface area contributed by atoms with Crippen molar-refractivity contribution < 1.29 is 23.9 Å². The van der Waals surface area contributed by atoms with E-state index >= 15 is 0 Å². The Balaban J connectivity index is 2.04. The average molecular weight is 376 g/mol. The van der Waals surface area contributed by atoms with Crippen LogP contribution < -0.4 is 10.6 Å². The van der Waals surface area contributed by atoms with Crippen molar-refractivity contribution in [2.45, 2.75) is 30.3 Å². The number of nitrogens with one attached hydrogen (secondary N) is 2. The molecule has 0 saturated heterocycles. The van der Waals surface area contributed by atoms with Crippen LogP contribution >= 0.6 is 11.8 Å². The Hall–Kier alpha value is -2.74. The van der Waals surface area contributed by atoms with Gasteiger partial charge in [-0.3, -0.25) is 14.4 Å². The molecule has 0 aliphatic heterocycles. The average Bonchev–Trinajstić information content (AvgIpc) is 3.15. The molecule has 0 radical (unpaired) electrons. The maximum Gasteiger partial charge on any atom is 0.305 e. The minimum Gasteiger partial charge on any atom is -0.481 e. The predicted octanol–water partition coefficient (Wildman–Crippen LogP) is 2.45. The molecule has 8 heteroatoms. The molecule has 0 fully saturated rings. The van der Waals surface area contributed by atoms with Crippen LogP contribution in [0.4, 0.5) is 0 Å². The molecule has 2 amide bonds. The summed E-state index contributed by atoms with van der Waals surface area (Å²) in [5, 5.41) is 14.3. The normalized spacial score (nSPS) is 12.8. The Kier molecular flexibility index (Phi) is 6.85. The van der Waals surface area contributed by atoms with Crippen molar-refractivity contribution in [3.63, 3.8) is 0 Å². The lowest BCUT2D eigenvalue weighted by Crippen LogP contribution is -2.46. The number of furan rings is 1. The van der Waals surface area contributed by atoms with Crippen LogP contribution in [-0.4, -0.2) is 35.2 Å². The van der Waals surface area contributed by atoms with E-state index in [0.29, 0.717) is 5.56 Å². The number of aliphatic carboxylic acids is 1. The van der Waals surface area contributed by atoms with Crippen LogP contribution in [0.5, 0.6) is 0 Å². The Morgan fingerprint density at radius 3 is 2.38 bits per heavy atom. The smallest absolute Gasteiger partial charge is 0.305 e. The molecule has 138 valence electrons. The van der Waals surface area contributed by atoms with Gasteiger partial charge in [-0.15, -0.1) is 11.8 Å². The number of rotatable bonds is 8. The summed E-state index contributed by atoms with van der Waals surface area (Å²) in [5.41, 5.74) is 0.683. The molecule has 2 unspecified atom stereocenters. The fraction of sp³-hybridized carbons (Fsp3) is 0.278. The van der Waals surface area contributed by atoms with Gasteiger partial charge in [-0.2, -0.15) is 0 Å². The van der Waals surface area contributed by atoms with Crippen LogP contribution in [0.1, 0.15) is 35.5 Å². The molecule has 1 aromatic carbocycles. The molecular weight excluding hydrogens is 356 g/mol. The van der Waals surface area contributed by atoms with Gasteiger partial charge in [-0.1, -0.05) is 12.1 Å². The zero-order valence-electron chi connectivity index (χ0n) is 14.4. The summed E-state index contributed by atoms with van der Waals surface area (Å²) in [6.07, 6.45) is 3.04. The molecule has 1 aromatic heterocycles. The molecule has 0 spiro atoms. The first-order valence-corrected chi connectivity index (χ1v) is 9.13. The molecule has 3 N–H and O–H groups in total. The van der Waals surface area contributed by atoms with Gasteiger partial charge in [-0.25, -0.2) is 0 Å². The van der Waals surface area contributed by atoms with Crippen molar-refractivity contribution >= 4 is 29.5 Å². The van der Waals surface area contributed by atoms with Gasteiger partial charge in [0.1, 0.15) is 6.04 Å². The number of carboxylic acids is 1. The van der Waals surface area contributed by atoms with Crippen molar-refractivity contribution in [1.29, 1.82) is 0 Å². The van der Waals surface area contributed by atoms with Gasteiger partial charge in [0, 0.05) is 4.90 Å². The van der Waals surface area contributed by atoms with Crippen molar-refractivity contribution in [2.24, 2.45) is 0 Å². The van der Waals surface area contributed by atoms with Crippen LogP contribution in [0.2, 0.25) is 0 Å². The van der Waals surface area contributed by atoms with Gasteiger partial charge in [0.05, 0.1) is 18.7 Å². The summed E-state index contributed by atoms with van der Waals surface area (Å²) < 4.78 is 4.98. The molecular formula is C18H20N2O5S. The highest BCUT2D eigenvalue weighted by Crippen LogP contribution is 2.21. The zero-order chi connectivity index (χ0) is 19.1. The summed E-state index contributed by atoms with van der Waals surface area (Å²) in [4.78, 5) is 36.5. The molecule has 0 aliphatic rings. The van der Waals surface area contributed by atoms with Gasteiger partial charge >= 0.3 is 5.97 Å². The third-order valence-corrected chi connectivity index (χ3v) is 4.44. The van der Waals surface area contributed by atoms with E-state index in [4.69, 9.17) is 9.52 Å². The summed E-state index contributed by atoms with van der Waals surface area (Å²) in [5.74, 6) is -1.93. The van der Waals surface area contributed by atoms with E-state index in [1.54, 1.807) is 30.0 Å². The summed E-state index contributed by atoms with van der Waals surface area (Å²) >= 11 is 1.57. The number of amides is 2. The molecule has 1 heterocycles. The van der Waals surface area contributed by atoms with E-state index in [9.17, 15) is 14.4 Å². The number of hydrogen-bond donors (Lipinski definition) is 3.